The van der Waals surface area contributed by atoms with Gasteiger partial charge in [-0.2, -0.15) is 0 Å². The molecule has 1 amide bonds. The maximum absolute atomic E-state index is 11.4. The van der Waals surface area contributed by atoms with Crippen LogP contribution in [0.3, 0.4) is 0 Å². The molecule has 2 rings (SSSR count). The summed E-state index contributed by atoms with van der Waals surface area (Å²) in [5.41, 5.74) is 4.00. The van der Waals surface area contributed by atoms with Gasteiger partial charge >= 0.3 is 7.12 Å². The number of carbonyl (C=O) groups is 1. The van der Waals surface area contributed by atoms with Gasteiger partial charge in [0, 0.05) is 45.5 Å². The molecule has 0 radical (unpaired) electrons. The summed E-state index contributed by atoms with van der Waals surface area (Å²) in [6.07, 6.45) is 5.48. The summed E-state index contributed by atoms with van der Waals surface area (Å²) in [6.45, 7) is 5.28. The molecule has 31 heavy (non-hydrogen) atoms. The monoisotopic (exact) mass is 423 g/mol. The van der Waals surface area contributed by atoms with Crippen molar-refractivity contribution in [2.75, 3.05) is 38.6 Å². The van der Waals surface area contributed by atoms with Crippen molar-refractivity contribution in [3.63, 3.8) is 0 Å². The molecule has 0 saturated carbocycles. The zero-order valence-electron chi connectivity index (χ0n) is 18.8. The van der Waals surface area contributed by atoms with Crippen LogP contribution >= 0.6 is 0 Å². The number of aryl methyl sites for hydroxylation is 1. The Morgan fingerprint density at radius 1 is 1.10 bits per heavy atom. The summed E-state index contributed by atoms with van der Waals surface area (Å²) in [4.78, 5) is 15.2. The minimum absolute atomic E-state index is 0.00206. The van der Waals surface area contributed by atoms with E-state index >= 15 is 0 Å². The van der Waals surface area contributed by atoms with Crippen LogP contribution in [0.4, 0.5) is 5.69 Å². The Morgan fingerprint density at radius 3 is 2.45 bits per heavy atom. The Morgan fingerprint density at radius 2 is 1.81 bits per heavy atom. The number of likely N-dealkylation sites (N-methyl/N-ethyl adjacent to an activating group) is 1. The van der Waals surface area contributed by atoms with Crippen molar-refractivity contribution in [2.24, 2.45) is 0 Å². The maximum atomic E-state index is 11.4. The standard InChI is InChI=1S/C24H34BN3O3/c1-4-28(23-10-5-9-22(18-23)25(30)31)19-21-14-12-20(13-15-21)8-6-16-26-17-7-11-24(29)27(2)3/h5,7,9-15,18,26,30-31H,4,6,8,16-17,19H2,1-3H3/b11-7+. The molecule has 2 aromatic carbocycles. The SMILES string of the molecule is CCN(Cc1ccc(CCCNC/C=C/C(=O)N(C)C)cc1)c1cccc(B(O)O)c1. The van der Waals surface area contributed by atoms with Gasteiger partial charge in [0.15, 0.2) is 0 Å². The van der Waals surface area contributed by atoms with E-state index < -0.39 is 7.12 Å². The van der Waals surface area contributed by atoms with E-state index in [9.17, 15) is 14.8 Å². The third kappa shape index (κ3) is 8.57. The van der Waals surface area contributed by atoms with Crippen LogP contribution in [0.25, 0.3) is 0 Å². The fourth-order valence-corrected chi connectivity index (χ4v) is 3.21. The second kappa shape index (κ2) is 12.9. The van der Waals surface area contributed by atoms with Gasteiger partial charge in [0.2, 0.25) is 5.91 Å². The zero-order chi connectivity index (χ0) is 22.6. The topological polar surface area (TPSA) is 76.0 Å². The lowest BCUT2D eigenvalue weighted by Crippen LogP contribution is -2.31. The average molecular weight is 423 g/mol. The average Bonchev–Trinajstić information content (AvgIpc) is 2.77. The normalized spacial score (nSPS) is 11.0. The number of amides is 1. The third-order valence-electron chi connectivity index (χ3n) is 5.09. The van der Waals surface area contributed by atoms with Crippen molar-refractivity contribution in [2.45, 2.75) is 26.3 Å². The number of rotatable bonds is 12. The van der Waals surface area contributed by atoms with E-state index in [-0.39, 0.29) is 5.91 Å². The summed E-state index contributed by atoms with van der Waals surface area (Å²) in [7, 11) is 2.03. The van der Waals surface area contributed by atoms with Crippen LogP contribution in [0.5, 0.6) is 0 Å². The molecule has 0 bridgehead atoms. The van der Waals surface area contributed by atoms with Gasteiger partial charge in [-0.25, -0.2) is 0 Å². The van der Waals surface area contributed by atoms with Crippen molar-refractivity contribution >= 4 is 24.2 Å². The predicted molar refractivity (Wildman–Crippen MR) is 128 cm³/mol. The number of anilines is 1. The number of nitrogens with zero attached hydrogens (tertiary/aromatic N) is 2. The summed E-state index contributed by atoms with van der Waals surface area (Å²) in [5.74, 6) is 0.00206. The highest BCUT2D eigenvalue weighted by atomic mass is 16.4. The molecule has 6 nitrogen and oxygen atoms in total. The number of hydrogen-bond donors (Lipinski definition) is 3. The Kier molecular flexibility index (Phi) is 10.3. The fraction of sp³-hybridized carbons (Fsp3) is 0.375. The van der Waals surface area contributed by atoms with Gasteiger partial charge in [-0.3, -0.25) is 4.79 Å². The molecule has 0 saturated heterocycles. The Hall–Kier alpha value is -2.61. The van der Waals surface area contributed by atoms with E-state index in [2.05, 4.69) is 41.4 Å². The molecule has 7 heteroatoms. The highest BCUT2D eigenvalue weighted by Gasteiger charge is 2.13. The van der Waals surface area contributed by atoms with E-state index in [0.29, 0.717) is 12.0 Å². The van der Waals surface area contributed by atoms with Crippen LogP contribution in [0.15, 0.2) is 60.7 Å². The minimum Gasteiger partial charge on any atom is -0.423 e. The van der Waals surface area contributed by atoms with Crippen molar-refractivity contribution < 1.29 is 14.8 Å². The van der Waals surface area contributed by atoms with Crippen molar-refractivity contribution in [3.8, 4) is 0 Å². The number of nitrogens with one attached hydrogen (secondary N) is 1. The lowest BCUT2D eigenvalue weighted by Gasteiger charge is -2.24. The molecule has 0 atom stereocenters. The largest absolute Gasteiger partial charge is 0.488 e. The highest BCUT2D eigenvalue weighted by molar-refractivity contribution is 6.58. The molecule has 0 aromatic heterocycles. The van der Waals surface area contributed by atoms with Gasteiger partial charge in [-0.1, -0.05) is 42.5 Å². The van der Waals surface area contributed by atoms with Crippen LogP contribution in [0, 0.1) is 0 Å². The number of carbonyl (C=O) groups excluding carboxylic acids is 1. The molecule has 0 aliphatic carbocycles. The Balaban J connectivity index is 1.78. The summed E-state index contributed by atoms with van der Waals surface area (Å²) < 4.78 is 0. The minimum atomic E-state index is -1.45. The van der Waals surface area contributed by atoms with E-state index in [0.717, 1.165) is 38.2 Å². The smallest absolute Gasteiger partial charge is 0.423 e. The number of hydrogen-bond acceptors (Lipinski definition) is 5. The summed E-state index contributed by atoms with van der Waals surface area (Å²) in [5, 5.41) is 22.1. The quantitative estimate of drug-likeness (QED) is 0.275. The molecule has 3 N–H and O–H groups in total. The predicted octanol–water partition coefficient (Wildman–Crippen LogP) is 1.56. The molecule has 0 fully saturated rings. The first-order valence-corrected chi connectivity index (χ1v) is 10.8. The molecule has 0 spiro atoms. The van der Waals surface area contributed by atoms with Crippen molar-refractivity contribution in [3.05, 3.63) is 71.8 Å². The van der Waals surface area contributed by atoms with E-state index in [1.54, 1.807) is 31.1 Å². The molecule has 0 aliphatic rings. The maximum Gasteiger partial charge on any atom is 0.488 e. The first-order chi connectivity index (χ1) is 14.9. The lowest BCUT2D eigenvalue weighted by molar-refractivity contribution is -0.123. The van der Waals surface area contributed by atoms with Crippen LogP contribution < -0.4 is 15.7 Å². The highest BCUT2D eigenvalue weighted by Crippen LogP contribution is 2.17. The fourth-order valence-electron chi connectivity index (χ4n) is 3.21. The van der Waals surface area contributed by atoms with Gasteiger partial charge in [-0.15, -0.1) is 0 Å². The molecule has 0 heterocycles. The summed E-state index contributed by atoms with van der Waals surface area (Å²) >= 11 is 0. The summed E-state index contributed by atoms with van der Waals surface area (Å²) in [6, 6.07) is 16.0. The van der Waals surface area contributed by atoms with E-state index in [4.69, 9.17) is 0 Å². The second-order valence-corrected chi connectivity index (χ2v) is 7.74. The van der Waals surface area contributed by atoms with Gasteiger partial charge in [-0.05, 0) is 55.0 Å². The lowest BCUT2D eigenvalue weighted by atomic mass is 9.80. The molecular weight excluding hydrogens is 389 g/mol. The van der Waals surface area contributed by atoms with Crippen molar-refractivity contribution in [1.29, 1.82) is 0 Å². The van der Waals surface area contributed by atoms with Gasteiger partial charge in [0.1, 0.15) is 0 Å². The molecule has 0 unspecified atom stereocenters. The van der Waals surface area contributed by atoms with Gasteiger partial charge in [0.25, 0.3) is 0 Å². The van der Waals surface area contributed by atoms with Crippen LogP contribution in [-0.4, -0.2) is 61.7 Å². The van der Waals surface area contributed by atoms with Crippen LogP contribution in [0.2, 0.25) is 0 Å². The van der Waals surface area contributed by atoms with E-state index in [1.165, 1.54) is 11.1 Å². The second-order valence-electron chi connectivity index (χ2n) is 7.74. The van der Waals surface area contributed by atoms with Gasteiger partial charge in [0.05, 0.1) is 0 Å². The first-order valence-electron chi connectivity index (χ1n) is 10.8. The first kappa shape index (κ1) is 24.7. The van der Waals surface area contributed by atoms with Crippen LogP contribution in [-0.2, 0) is 17.8 Å². The Labute approximate surface area is 186 Å². The van der Waals surface area contributed by atoms with E-state index in [1.807, 2.05) is 24.3 Å². The molecular formula is C24H34BN3O3. The van der Waals surface area contributed by atoms with Gasteiger partial charge < -0.3 is 25.2 Å². The molecule has 0 aliphatic heterocycles. The zero-order valence-corrected chi connectivity index (χ0v) is 18.8. The van der Waals surface area contributed by atoms with Crippen LogP contribution in [0.1, 0.15) is 24.5 Å². The Bertz CT molecular complexity index is 838. The third-order valence-corrected chi connectivity index (χ3v) is 5.09. The van der Waals surface area contributed by atoms with Crippen molar-refractivity contribution in [1.82, 2.24) is 10.2 Å². The molecule has 166 valence electrons. The molecule has 2 aromatic rings. The number of benzene rings is 2.